The summed E-state index contributed by atoms with van der Waals surface area (Å²) < 4.78 is 5.64. The highest BCUT2D eigenvalue weighted by Gasteiger charge is 2.19. The van der Waals surface area contributed by atoms with Gasteiger partial charge in [0, 0.05) is 6.54 Å². The Bertz CT molecular complexity index is 394. The fourth-order valence-corrected chi connectivity index (χ4v) is 1.41. The minimum absolute atomic E-state index is 0.235. The molecule has 5 nitrogen and oxygen atoms in total. The van der Waals surface area contributed by atoms with E-state index >= 15 is 0 Å². The molecule has 1 aromatic rings. The molecule has 0 aliphatic heterocycles. The molecule has 0 aromatic carbocycles. The van der Waals surface area contributed by atoms with Crippen LogP contribution in [0, 0.1) is 6.92 Å². The third kappa shape index (κ3) is 5.42. The Morgan fingerprint density at radius 1 is 1.42 bits per heavy atom. The standard InChI is InChI=1S/C14H25N3O2/c1-5-7-8-15-13-12(9-16-11(3)17-13)19-10-14(4,18)6-2/h9,18H,5-8,10H2,1-4H3,(H,15,16,17). The summed E-state index contributed by atoms with van der Waals surface area (Å²) in [6.07, 6.45) is 4.49. The van der Waals surface area contributed by atoms with Crippen LogP contribution in [0.3, 0.4) is 0 Å². The van der Waals surface area contributed by atoms with Crippen molar-refractivity contribution in [3.8, 4) is 5.75 Å². The Kier molecular flexibility index (Phi) is 6.02. The van der Waals surface area contributed by atoms with Crippen LogP contribution in [0.5, 0.6) is 5.75 Å². The number of anilines is 1. The molecule has 1 atom stereocenters. The lowest BCUT2D eigenvalue weighted by Gasteiger charge is -2.22. The summed E-state index contributed by atoms with van der Waals surface area (Å²) in [7, 11) is 0. The van der Waals surface area contributed by atoms with E-state index in [1.165, 1.54) is 0 Å². The summed E-state index contributed by atoms with van der Waals surface area (Å²) in [5.74, 6) is 2.00. The normalized spacial score (nSPS) is 13.9. The molecule has 0 spiro atoms. The molecule has 1 aromatic heterocycles. The third-order valence-corrected chi connectivity index (χ3v) is 3.00. The van der Waals surface area contributed by atoms with Crippen molar-refractivity contribution in [3.05, 3.63) is 12.0 Å². The smallest absolute Gasteiger partial charge is 0.180 e. The molecule has 0 aliphatic rings. The summed E-state index contributed by atoms with van der Waals surface area (Å²) in [5, 5.41) is 13.2. The molecule has 1 unspecified atom stereocenters. The molecule has 0 fully saturated rings. The Morgan fingerprint density at radius 2 is 2.16 bits per heavy atom. The summed E-state index contributed by atoms with van der Waals surface area (Å²) in [5.41, 5.74) is -0.828. The lowest BCUT2D eigenvalue weighted by molar-refractivity contribution is 0.00849. The first-order chi connectivity index (χ1) is 8.98. The number of ether oxygens (including phenoxy) is 1. The van der Waals surface area contributed by atoms with E-state index in [1.807, 2.05) is 13.8 Å². The molecule has 0 aliphatic carbocycles. The second kappa shape index (κ2) is 7.28. The van der Waals surface area contributed by atoms with Gasteiger partial charge in [-0.1, -0.05) is 20.3 Å². The van der Waals surface area contributed by atoms with Crippen LogP contribution in [-0.4, -0.2) is 33.8 Å². The van der Waals surface area contributed by atoms with Gasteiger partial charge in [0.15, 0.2) is 11.6 Å². The molecule has 0 saturated heterocycles. The maximum atomic E-state index is 9.96. The number of aromatic nitrogens is 2. The van der Waals surface area contributed by atoms with Crippen LogP contribution in [0.2, 0.25) is 0 Å². The molecule has 1 rings (SSSR count). The molecule has 0 saturated carbocycles. The van der Waals surface area contributed by atoms with Gasteiger partial charge in [-0.25, -0.2) is 9.97 Å². The molecule has 0 bridgehead atoms. The number of hydrogen-bond acceptors (Lipinski definition) is 5. The summed E-state index contributed by atoms with van der Waals surface area (Å²) in [6, 6.07) is 0. The molecular formula is C14H25N3O2. The lowest BCUT2D eigenvalue weighted by atomic mass is 10.1. The predicted octanol–water partition coefficient (Wildman–Crippen LogP) is 2.54. The molecule has 1 heterocycles. The van der Waals surface area contributed by atoms with Crippen LogP contribution in [0.1, 0.15) is 45.9 Å². The summed E-state index contributed by atoms with van der Waals surface area (Å²) in [4.78, 5) is 8.48. The zero-order chi connectivity index (χ0) is 14.3. The Hall–Kier alpha value is -1.36. The zero-order valence-corrected chi connectivity index (χ0v) is 12.4. The van der Waals surface area contributed by atoms with Gasteiger partial charge in [-0.3, -0.25) is 0 Å². The average Bonchev–Trinajstić information content (AvgIpc) is 2.38. The molecule has 108 valence electrons. The van der Waals surface area contributed by atoms with Crippen molar-refractivity contribution < 1.29 is 9.84 Å². The van der Waals surface area contributed by atoms with E-state index in [9.17, 15) is 5.11 Å². The average molecular weight is 267 g/mol. The summed E-state index contributed by atoms with van der Waals surface area (Å²) >= 11 is 0. The highest BCUT2D eigenvalue weighted by atomic mass is 16.5. The van der Waals surface area contributed by atoms with Gasteiger partial charge in [-0.2, -0.15) is 0 Å². The number of unbranched alkanes of at least 4 members (excludes halogenated alkanes) is 1. The predicted molar refractivity (Wildman–Crippen MR) is 76.6 cm³/mol. The Morgan fingerprint density at radius 3 is 2.79 bits per heavy atom. The number of hydrogen-bond donors (Lipinski definition) is 2. The zero-order valence-electron chi connectivity index (χ0n) is 12.4. The number of nitrogens with one attached hydrogen (secondary N) is 1. The number of aryl methyl sites for hydroxylation is 1. The van der Waals surface area contributed by atoms with Crippen molar-refractivity contribution in [1.82, 2.24) is 9.97 Å². The monoisotopic (exact) mass is 267 g/mol. The van der Waals surface area contributed by atoms with Crippen molar-refractivity contribution in [2.45, 2.75) is 52.6 Å². The quantitative estimate of drug-likeness (QED) is 0.708. The van der Waals surface area contributed by atoms with Crippen LogP contribution in [0.15, 0.2) is 6.20 Å². The first kappa shape index (κ1) is 15.7. The Balaban J connectivity index is 2.70. The first-order valence-corrected chi connectivity index (χ1v) is 6.91. The Labute approximate surface area is 115 Å². The van der Waals surface area contributed by atoms with Gasteiger partial charge in [0.25, 0.3) is 0 Å². The molecule has 0 radical (unpaired) electrons. The van der Waals surface area contributed by atoms with E-state index in [4.69, 9.17) is 4.74 Å². The minimum atomic E-state index is -0.828. The van der Waals surface area contributed by atoms with Crippen molar-refractivity contribution in [1.29, 1.82) is 0 Å². The van der Waals surface area contributed by atoms with Crippen molar-refractivity contribution >= 4 is 5.82 Å². The van der Waals surface area contributed by atoms with E-state index in [-0.39, 0.29) is 6.61 Å². The molecule has 2 N–H and O–H groups in total. The molecular weight excluding hydrogens is 242 g/mol. The van der Waals surface area contributed by atoms with Gasteiger partial charge >= 0.3 is 0 Å². The van der Waals surface area contributed by atoms with E-state index in [2.05, 4.69) is 22.2 Å². The van der Waals surface area contributed by atoms with Gasteiger partial charge in [0.1, 0.15) is 12.4 Å². The maximum absolute atomic E-state index is 9.96. The first-order valence-electron chi connectivity index (χ1n) is 6.91. The van der Waals surface area contributed by atoms with E-state index in [0.717, 1.165) is 19.4 Å². The second-order valence-corrected chi connectivity index (χ2v) is 5.05. The molecule has 0 amide bonds. The van der Waals surface area contributed by atoms with Crippen LogP contribution in [0.4, 0.5) is 5.82 Å². The summed E-state index contributed by atoms with van der Waals surface area (Å²) in [6.45, 7) is 8.76. The minimum Gasteiger partial charge on any atom is -0.485 e. The van der Waals surface area contributed by atoms with Gasteiger partial charge < -0.3 is 15.2 Å². The maximum Gasteiger partial charge on any atom is 0.180 e. The van der Waals surface area contributed by atoms with Gasteiger partial charge in [-0.05, 0) is 26.7 Å². The van der Waals surface area contributed by atoms with Crippen molar-refractivity contribution in [2.75, 3.05) is 18.5 Å². The SMILES string of the molecule is CCCCNc1nc(C)ncc1OCC(C)(O)CC. The van der Waals surface area contributed by atoms with Crippen LogP contribution >= 0.6 is 0 Å². The largest absolute Gasteiger partial charge is 0.485 e. The van der Waals surface area contributed by atoms with E-state index < -0.39 is 5.60 Å². The van der Waals surface area contributed by atoms with Crippen LogP contribution in [0.25, 0.3) is 0 Å². The van der Waals surface area contributed by atoms with Crippen molar-refractivity contribution in [2.24, 2.45) is 0 Å². The van der Waals surface area contributed by atoms with Gasteiger partial charge in [0.05, 0.1) is 11.8 Å². The van der Waals surface area contributed by atoms with E-state index in [0.29, 0.717) is 23.8 Å². The van der Waals surface area contributed by atoms with Crippen LogP contribution < -0.4 is 10.1 Å². The number of rotatable bonds is 8. The third-order valence-electron chi connectivity index (χ3n) is 3.00. The molecule has 19 heavy (non-hydrogen) atoms. The topological polar surface area (TPSA) is 67.3 Å². The fraction of sp³-hybridized carbons (Fsp3) is 0.714. The highest BCUT2D eigenvalue weighted by Crippen LogP contribution is 2.22. The molecule has 5 heteroatoms. The number of nitrogens with zero attached hydrogens (tertiary/aromatic N) is 2. The van der Waals surface area contributed by atoms with Gasteiger partial charge in [-0.15, -0.1) is 0 Å². The second-order valence-electron chi connectivity index (χ2n) is 5.05. The van der Waals surface area contributed by atoms with Crippen LogP contribution in [-0.2, 0) is 0 Å². The lowest BCUT2D eigenvalue weighted by Crippen LogP contribution is -2.31. The van der Waals surface area contributed by atoms with Crippen molar-refractivity contribution in [3.63, 3.8) is 0 Å². The van der Waals surface area contributed by atoms with E-state index in [1.54, 1.807) is 13.1 Å². The van der Waals surface area contributed by atoms with Gasteiger partial charge in [0.2, 0.25) is 0 Å². The highest BCUT2D eigenvalue weighted by molar-refractivity contribution is 5.48. The fourth-order valence-electron chi connectivity index (χ4n) is 1.41. The number of aliphatic hydroxyl groups is 1.